The molecule has 0 aliphatic carbocycles. The molecule has 0 atom stereocenters. The van der Waals surface area contributed by atoms with Crippen molar-refractivity contribution in [3.63, 3.8) is 0 Å². The van der Waals surface area contributed by atoms with Crippen LogP contribution in [0.15, 0.2) is 0 Å². The van der Waals surface area contributed by atoms with Crippen LogP contribution >= 0.6 is 0 Å². The van der Waals surface area contributed by atoms with Gasteiger partial charge in [0, 0.05) is 73.0 Å². The molecule has 2 fully saturated rings. The normalized spacial score (nSPS) is 19.0. The SMILES string of the molecule is CCOC(=O)CCCCCCCC(=O)N(CCCCCCN(C(=O)CCCCCCCC(=O)OCC)C1CC(C)(C)NC(C)(C)C1)C1CC(C)(C)NC(C)(C)C1. The molecule has 0 aromatic heterocycles. The van der Waals surface area contributed by atoms with Gasteiger partial charge in [-0.25, -0.2) is 0 Å². The summed E-state index contributed by atoms with van der Waals surface area (Å²) in [7, 11) is 0. The second kappa shape index (κ2) is 24.7. The lowest BCUT2D eigenvalue weighted by atomic mass is 9.78. The molecule has 2 amide bonds. The van der Waals surface area contributed by atoms with Crippen molar-refractivity contribution in [2.24, 2.45) is 0 Å². The largest absolute Gasteiger partial charge is 0.466 e. The molecular formula is C46H86N4O6. The highest BCUT2D eigenvalue weighted by Gasteiger charge is 2.42. The predicted molar refractivity (Wildman–Crippen MR) is 228 cm³/mol. The molecule has 2 saturated heterocycles. The van der Waals surface area contributed by atoms with Crippen LogP contribution in [0.1, 0.15) is 210 Å². The predicted octanol–water partition coefficient (Wildman–Crippen LogP) is 9.41. The fourth-order valence-corrected chi connectivity index (χ4v) is 9.82. The molecule has 0 saturated carbocycles. The summed E-state index contributed by atoms with van der Waals surface area (Å²) in [5, 5.41) is 7.59. The molecule has 2 heterocycles. The quantitative estimate of drug-likeness (QED) is 0.0625. The van der Waals surface area contributed by atoms with Crippen molar-refractivity contribution in [1.82, 2.24) is 20.4 Å². The van der Waals surface area contributed by atoms with E-state index in [1.807, 2.05) is 13.8 Å². The smallest absolute Gasteiger partial charge is 0.305 e. The first kappa shape index (κ1) is 49.9. The zero-order valence-corrected chi connectivity index (χ0v) is 37.9. The van der Waals surface area contributed by atoms with Crippen LogP contribution in [0.25, 0.3) is 0 Å². The van der Waals surface area contributed by atoms with Gasteiger partial charge in [-0.2, -0.15) is 0 Å². The number of rotatable bonds is 27. The number of carbonyl (C=O) groups is 4. The Morgan fingerprint density at radius 1 is 0.446 bits per heavy atom. The van der Waals surface area contributed by atoms with E-state index >= 15 is 0 Å². The van der Waals surface area contributed by atoms with Crippen LogP contribution in [0.2, 0.25) is 0 Å². The minimum absolute atomic E-state index is 0.0399. The zero-order valence-electron chi connectivity index (χ0n) is 37.9. The van der Waals surface area contributed by atoms with Crippen LogP contribution < -0.4 is 10.6 Å². The van der Waals surface area contributed by atoms with Gasteiger partial charge < -0.3 is 29.9 Å². The average molecular weight is 791 g/mol. The van der Waals surface area contributed by atoms with Crippen LogP contribution in [0, 0.1) is 0 Å². The first-order valence-electron chi connectivity index (χ1n) is 22.8. The van der Waals surface area contributed by atoms with E-state index in [0.717, 1.165) is 129 Å². The number of esters is 2. The van der Waals surface area contributed by atoms with E-state index in [-0.39, 0.29) is 58.0 Å². The maximum absolute atomic E-state index is 13.9. The lowest BCUT2D eigenvalue weighted by molar-refractivity contribution is -0.144. The molecule has 0 radical (unpaired) electrons. The van der Waals surface area contributed by atoms with Crippen molar-refractivity contribution in [1.29, 1.82) is 0 Å². The Balaban J connectivity index is 1.94. The van der Waals surface area contributed by atoms with E-state index in [0.29, 0.717) is 38.9 Å². The Labute approximate surface area is 343 Å². The number of amides is 2. The maximum Gasteiger partial charge on any atom is 0.305 e. The second-order valence-corrected chi connectivity index (χ2v) is 19.6. The van der Waals surface area contributed by atoms with Gasteiger partial charge in [0.15, 0.2) is 0 Å². The molecule has 56 heavy (non-hydrogen) atoms. The summed E-state index contributed by atoms with van der Waals surface area (Å²) in [4.78, 5) is 55.4. The highest BCUT2D eigenvalue weighted by Crippen LogP contribution is 2.34. The van der Waals surface area contributed by atoms with Crippen LogP contribution in [0.3, 0.4) is 0 Å². The van der Waals surface area contributed by atoms with Crippen molar-refractivity contribution in [2.45, 2.75) is 245 Å². The van der Waals surface area contributed by atoms with E-state index in [2.05, 4.69) is 75.8 Å². The number of unbranched alkanes of at least 4 members (excludes halogenated alkanes) is 11. The number of piperidine rings is 2. The fraction of sp³-hybridized carbons (Fsp3) is 0.913. The highest BCUT2D eigenvalue weighted by atomic mass is 16.5. The Kier molecular flexibility index (Phi) is 22.0. The van der Waals surface area contributed by atoms with Crippen molar-refractivity contribution < 1.29 is 28.7 Å². The number of carbonyl (C=O) groups excluding carboxylic acids is 4. The third-order valence-electron chi connectivity index (χ3n) is 11.6. The number of ether oxygens (including phenoxy) is 2. The van der Waals surface area contributed by atoms with Gasteiger partial charge in [0.05, 0.1) is 13.2 Å². The first-order valence-corrected chi connectivity index (χ1v) is 22.8. The average Bonchev–Trinajstić information content (AvgIpc) is 3.06. The van der Waals surface area contributed by atoms with Crippen molar-refractivity contribution in [3.8, 4) is 0 Å². The van der Waals surface area contributed by atoms with Crippen LogP contribution in [0.5, 0.6) is 0 Å². The fourth-order valence-electron chi connectivity index (χ4n) is 9.82. The standard InChI is InChI=1S/C46H86N4O6/c1-11-55-41(53)29-23-17-13-15-21-27-39(51)49(37-33-43(3,4)47-44(5,6)34-37)31-25-19-20-26-32-50(38-35-45(7,8)48-46(9,10)36-38)40(52)28-22-16-14-18-24-30-42(54)56-12-2/h37-38,47-48H,11-36H2,1-10H3. The molecule has 10 heteroatoms. The van der Waals surface area contributed by atoms with Crippen LogP contribution in [-0.2, 0) is 28.7 Å². The molecule has 2 rings (SSSR count). The molecule has 10 nitrogen and oxygen atoms in total. The van der Waals surface area contributed by atoms with Gasteiger partial charge in [0.1, 0.15) is 0 Å². The number of hydrogen-bond acceptors (Lipinski definition) is 8. The molecule has 2 aliphatic rings. The van der Waals surface area contributed by atoms with E-state index in [9.17, 15) is 19.2 Å². The molecule has 0 spiro atoms. The van der Waals surface area contributed by atoms with Gasteiger partial charge in [0.2, 0.25) is 11.8 Å². The number of nitrogens with one attached hydrogen (secondary N) is 2. The topological polar surface area (TPSA) is 117 Å². The molecule has 0 aromatic carbocycles. The van der Waals surface area contributed by atoms with Gasteiger partial charge in [-0.1, -0.05) is 51.4 Å². The van der Waals surface area contributed by atoms with Gasteiger partial charge >= 0.3 is 11.9 Å². The Morgan fingerprint density at radius 2 is 0.714 bits per heavy atom. The van der Waals surface area contributed by atoms with Gasteiger partial charge in [0.25, 0.3) is 0 Å². The number of nitrogens with zero attached hydrogens (tertiary/aromatic N) is 2. The van der Waals surface area contributed by atoms with Gasteiger partial charge in [-0.15, -0.1) is 0 Å². The molecule has 2 aliphatic heterocycles. The maximum atomic E-state index is 13.9. The van der Waals surface area contributed by atoms with Gasteiger partial charge in [-0.3, -0.25) is 19.2 Å². The summed E-state index contributed by atoms with van der Waals surface area (Å²) < 4.78 is 10.1. The molecular weight excluding hydrogens is 705 g/mol. The van der Waals surface area contributed by atoms with Crippen molar-refractivity contribution in [2.75, 3.05) is 26.3 Å². The molecule has 326 valence electrons. The molecule has 2 N–H and O–H groups in total. The number of hydrogen-bond donors (Lipinski definition) is 2. The Bertz CT molecular complexity index is 1060. The molecule has 0 aromatic rings. The summed E-state index contributed by atoms with van der Waals surface area (Å²) >= 11 is 0. The summed E-state index contributed by atoms with van der Waals surface area (Å²) in [6.07, 6.45) is 19.5. The highest BCUT2D eigenvalue weighted by molar-refractivity contribution is 5.77. The third-order valence-corrected chi connectivity index (χ3v) is 11.6. The lowest BCUT2D eigenvalue weighted by Crippen LogP contribution is -2.63. The molecule has 0 unspecified atom stereocenters. The zero-order chi connectivity index (χ0) is 41.8. The Morgan fingerprint density at radius 3 is 1.02 bits per heavy atom. The van der Waals surface area contributed by atoms with E-state index < -0.39 is 0 Å². The Hall–Kier alpha value is -2.20. The van der Waals surface area contributed by atoms with Crippen molar-refractivity contribution in [3.05, 3.63) is 0 Å². The minimum atomic E-state index is -0.116. The first-order chi connectivity index (χ1) is 26.3. The minimum Gasteiger partial charge on any atom is -0.466 e. The molecule has 0 bridgehead atoms. The van der Waals surface area contributed by atoms with Crippen LogP contribution in [0.4, 0.5) is 0 Å². The lowest BCUT2D eigenvalue weighted by Gasteiger charge is -2.50. The van der Waals surface area contributed by atoms with E-state index in [4.69, 9.17) is 9.47 Å². The third kappa shape index (κ3) is 20.5. The van der Waals surface area contributed by atoms with Gasteiger partial charge in [-0.05, 0) is 133 Å². The summed E-state index contributed by atoms with van der Waals surface area (Å²) in [5.74, 6) is 0.328. The van der Waals surface area contributed by atoms with Crippen LogP contribution in [-0.4, -0.2) is 94.1 Å². The second-order valence-electron chi connectivity index (χ2n) is 19.6. The summed E-state index contributed by atoms with van der Waals surface area (Å²) in [6.45, 7) is 24.2. The monoisotopic (exact) mass is 791 g/mol. The van der Waals surface area contributed by atoms with E-state index in [1.165, 1.54) is 0 Å². The summed E-state index contributed by atoms with van der Waals surface area (Å²) in [5.41, 5.74) is -0.160. The van der Waals surface area contributed by atoms with Crippen molar-refractivity contribution >= 4 is 23.8 Å². The summed E-state index contributed by atoms with van der Waals surface area (Å²) in [6, 6.07) is 0.436. The van der Waals surface area contributed by atoms with E-state index in [1.54, 1.807) is 0 Å².